The molecule has 18 heavy (non-hydrogen) atoms. The monoisotopic (exact) mass is 280 g/mol. The molecule has 0 radical (unpaired) electrons. The van der Waals surface area contributed by atoms with E-state index in [1.54, 1.807) is 0 Å². The van der Waals surface area contributed by atoms with Crippen LogP contribution in [0.5, 0.6) is 0 Å². The lowest BCUT2D eigenvalue weighted by Gasteiger charge is -2.24. The molecule has 7 heteroatoms. The van der Waals surface area contributed by atoms with E-state index >= 15 is 0 Å². The molecule has 0 unspecified atom stereocenters. The van der Waals surface area contributed by atoms with Crippen LogP contribution in [0, 0.1) is 0 Å². The molecule has 1 rings (SSSR count). The normalized spacial score (nSPS) is 12.4. The quantitative estimate of drug-likeness (QED) is 0.512. The van der Waals surface area contributed by atoms with E-state index in [4.69, 9.17) is 0 Å². The van der Waals surface area contributed by atoms with Crippen molar-refractivity contribution in [1.29, 1.82) is 0 Å². The van der Waals surface area contributed by atoms with Gasteiger partial charge >= 0.3 is 12.1 Å². The zero-order valence-electron chi connectivity index (χ0n) is 10.1. The van der Waals surface area contributed by atoms with Crippen molar-refractivity contribution in [1.82, 2.24) is 3.89 Å². The third kappa shape index (κ3) is 3.17. The lowest BCUT2D eigenvalue weighted by Crippen LogP contribution is -2.31. The minimum Gasteiger partial charge on any atom is -0.465 e. The fourth-order valence-electron chi connectivity index (χ4n) is 1.49. The van der Waals surface area contributed by atoms with Crippen molar-refractivity contribution in [2.24, 2.45) is 0 Å². The molecule has 0 saturated heterocycles. The fourth-order valence-corrected chi connectivity index (χ4v) is 1.66. The van der Waals surface area contributed by atoms with E-state index in [0.717, 1.165) is 13.2 Å². The van der Waals surface area contributed by atoms with Gasteiger partial charge in [-0.25, -0.2) is 8.68 Å². The van der Waals surface area contributed by atoms with Gasteiger partial charge in [-0.3, -0.25) is 0 Å². The smallest absolute Gasteiger partial charge is 0.422 e. The molecule has 100 valence electrons. The van der Waals surface area contributed by atoms with Crippen LogP contribution in [-0.4, -0.2) is 27.2 Å². The van der Waals surface area contributed by atoms with Crippen molar-refractivity contribution in [3.8, 4) is 0 Å². The number of ether oxygens (including phenoxy) is 1. The molecule has 0 fully saturated rings. The number of quaternary nitrogens is 1. The zero-order chi connectivity index (χ0) is 14.1. The third-order valence-corrected chi connectivity index (χ3v) is 2.53. The van der Waals surface area contributed by atoms with Gasteiger partial charge in [0.15, 0.2) is 5.69 Å². The molecule has 0 atom stereocenters. The van der Waals surface area contributed by atoms with Gasteiger partial charge in [-0.2, -0.15) is 13.2 Å². The zero-order valence-corrected chi connectivity index (χ0v) is 11.0. The fraction of sp³-hybridized carbons (Fsp3) is 0.364. The maximum absolute atomic E-state index is 12.9. The van der Waals surface area contributed by atoms with Gasteiger partial charge < -0.3 is 4.74 Å². The summed E-state index contributed by atoms with van der Waals surface area (Å²) in [6.07, 6.45) is -4.56. The van der Waals surface area contributed by atoms with Crippen LogP contribution in [0.1, 0.15) is 15.9 Å². The number of benzene rings is 1. The molecular weight excluding hydrogens is 267 g/mol. The summed E-state index contributed by atoms with van der Waals surface area (Å²) in [4.78, 5) is 11.2. The molecule has 3 nitrogen and oxygen atoms in total. The number of rotatable bonds is 2. The highest BCUT2D eigenvalue weighted by molar-refractivity contribution is 7.79. The first-order valence-corrected chi connectivity index (χ1v) is 5.34. The summed E-state index contributed by atoms with van der Waals surface area (Å²) in [5.74, 6) is -0.809. The lowest BCUT2D eigenvalue weighted by molar-refractivity contribution is -0.137. The van der Waals surface area contributed by atoms with Crippen molar-refractivity contribution in [3.63, 3.8) is 0 Å². The number of thiol groups is 1. The van der Waals surface area contributed by atoms with Crippen LogP contribution in [0.4, 0.5) is 18.9 Å². The molecule has 0 N–H and O–H groups in total. The number of esters is 1. The summed E-state index contributed by atoms with van der Waals surface area (Å²) in [6, 6.07) is 3.28. The number of hydrogen-bond donors (Lipinski definition) is 1. The van der Waals surface area contributed by atoms with Crippen molar-refractivity contribution in [2.45, 2.75) is 6.18 Å². The summed E-state index contributed by atoms with van der Waals surface area (Å²) in [6.45, 7) is 0. The topological polar surface area (TPSA) is 26.3 Å². The van der Waals surface area contributed by atoms with Crippen LogP contribution < -0.4 is 3.89 Å². The Bertz CT molecular complexity index is 466. The SMILES string of the molecule is COC(=O)c1ccc([N+](C)(C)S)c(C(F)(F)F)c1. The van der Waals surface area contributed by atoms with E-state index in [1.165, 1.54) is 26.2 Å². The van der Waals surface area contributed by atoms with Gasteiger partial charge in [0.25, 0.3) is 0 Å². The maximum atomic E-state index is 12.9. The van der Waals surface area contributed by atoms with Gasteiger partial charge in [-0.05, 0) is 12.1 Å². The molecular formula is C11H13F3NO2S+. The highest BCUT2D eigenvalue weighted by Crippen LogP contribution is 2.39. The molecule has 0 amide bonds. The minimum atomic E-state index is -4.56. The first-order chi connectivity index (χ1) is 8.07. The van der Waals surface area contributed by atoms with Crippen molar-refractivity contribution in [2.75, 3.05) is 21.2 Å². The Labute approximate surface area is 108 Å². The summed E-state index contributed by atoms with van der Waals surface area (Å²) in [5, 5.41) is 0. The van der Waals surface area contributed by atoms with E-state index in [9.17, 15) is 18.0 Å². The first kappa shape index (κ1) is 14.8. The van der Waals surface area contributed by atoms with Crippen LogP contribution in [0.25, 0.3) is 0 Å². The van der Waals surface area contributed by atoms with Crippen LogP contribution in [0.15, 0.2) is 18.2 Å². The summed E-state index contributed by atoms with van der Waals surface area (Å²) < 4.78 is 42.9. The second-order valence-electron chi connectivity index (χ2n) is 4.12. The van der Waals surface area contributed by atoms with Crippen molar-refractivity contribution in [3.05, 3.63) is 29.3 Å². The number of hydrogen-bond acceptors (Lipinski definition) is 3. The maximum Gasteiger partial charge on any atom is 0.422 e. The van der Waals surface area contributed by atoms with Gasteiger partial charge in [0.1, 0.15) is 5.56 Å². The number of alkyl halides is 3. The molecule has 0 heterocycles. The van der Waals surface area contributed by atoms with Crippen LogP contribution >= 0.6 is 12.8 Å². The number of nitrogens with zero attached hydrogens (tertiary/aromatic N) is 1. The molecule has 0 aliphatic rings. The highest BCUT2D eigenvalue weighted by atomic mass is 32.1. The molecule has 0 bridgehead atoms. The third-order valence-electron chi connectivity index (χ3n) is 2.31. The van der Waals surface area contributed by atoms with Gasteiger partial charge in [0.05, 0.1) is 39.6 Å². The Hall–Kier alpha value is -1.21. The van der Waals surface area contributed by atoms with Gasteiger partial charge in [0, 0.05) is 6.07 Å². The van der Waals surface area contributed by atoms with Gasteiger partial charge in [-0.15, -0.1) is 0 Å². The van der Waals surface area contributed by atoms with Crippen LogP contribution in [-0.2, 0) is 10.9 Å². The minimum absolute atomic E-state index is 0.0431. The largest absolute Gasteiger partial charge is 0.465 e. The van der Waals surface area contributed by atoms with E-state index in [-0.39, 0.29) is 15.1 Å². The van der Waals surface area contributed by atoms with Crippen molar-refractivity contribution < 1.29 is 22.7 Å². The average molecular weight is 280 g/mol. The van der Waals surface area contributed by atoms with Crippen molar-refractivity contribution >= 4 is 24.5 Å². The predicted molar refractivity (Wildman–Crippen MR) is 65.4 cm³/mol. The number of methoxy groups -OCH3 is 1. The summed E-state index contributed by atoms with van der Waals surface area (Å²) >= 11 is 4.08. The number of carbonyl (C=O) groups is 1. The first-order valence-electron chi connectivity index (χ1n) is 4.94. The van der Waals surface area contributed by atoms with Gasteiger partial charge in [0.2, 0.25) is 0 Å². The number of halogens is 3. The van der Waals surface area contributed by atoms with Crippen LogP contribution in [0.3, 0.4) is 0 Å². The second-order valence-corrected chi connectivity index (χ2v) is 5.12. The van der Waals surface area contributed by atoms with E-state index < -0.39 is 17.7 Å². The molecule has 0 aromatic heterocycles. The van der Waals surface area contributed by atoms with Crippen LogP contribution in [0.2, 0.25) is 0 Å². The Morgan fingerprint density at radius 2 is 1.89 bits per heavy atom. The lowest BCUT2D eigenvalue weighted by atomic mass is 10.1. The Kier molecular flexibility index (Phi) is 3.97. The predicted octanol–water partition coefficient (Wildman–Crippen LogP) is 2.90. The summed E-state index contributed by atoms with van der Waals surface area (Å²) in [7, 11) is 4.10. The van der Waals surface area contributed by atoms with E-state index in [2.05, 4.69) is 17.6 Å². The molecule has 1 aromatic rings. The van der Waals surface area contributed by atoms with E-state index in [0.29, 0.717) is 0 Å². The molecule has 0 saturated carbocycles. The Balaban J connectivity index is 3.45. The molecule has 0 spiro atoms. The molecule has 1 aromatic carbocycles. The van der Waals surface area contributed by atoms with E-state index in [1.807, 2.05) is 0 Å². The standard InChI is InChI=1S/C11H13F3NO2S/c1-15(2,18)9-5-4-7(10(16)17-3)6-8(9)11(12,13)14/h4-6,18H,1-3H3/q+1. The molecule has 0 aliphatic heterocycles. The average Bonchev–Trinajstić information content (AvgIpc) is 2.24. The highest BCUT2D eigenvalue weighted by Gasteiger charge is 2.39. The second kappa shape index (κ2) is 4.81. The Morgan fingerprint density at radius 1 is 1.33 bits per heavy atom. The number of carbonyl (C=O) groups excluding carboxylic acids is 1. The Morgan fingerprint density at radius 3 is 2.28 bits per heavy atom. The summed E-state index contributed by atoms with van der Waals surface area (Å²) in [5.41, 5.74) is -1.08. The van der Waals surface area contributed by atoms with Gasteiger partial charge in [-0.1, -0.05) is 0 Å². The molecule has 0 aliphatic carbocycles.